The number of rotatable bonds is 7. The van der Waals surface area contributed by atoms with Gasteiger partial charge < -0.3 is 15.0 Å². The van der Waals surface area contributed by atoms with Crippen molar-refractivity contribution in [3.8, 4) is 0 Å². The van der Waals surface area contributed by atoms with Crippen molar-refractivity contribution in [3.63, 3.8) is 0 Å². The third kappa shape index (κ3) is 4.91. The molecule has 3 rings (SSSR count). The van der Waals surface area contributed by atoms with Crippen LogP contribution in [-0.2, 0) is 19.1 Å². The van der Waals surface area contributed by atoms with Crippen molar-refractivity contribution in [1.29, 1.82) is 0 Å². The van der Waals surface area contributed by atoms with Gasteiger partial charge in [0.25, 0.3) is 5.91 Å². The lowest BCUT2D eigenvalue weighted by Gasteiger charge is -2.23. The minimum absolute atomic E-state index is 0.0275. The predicted molar refractivity (Wildman–Crippen MR) is 107 cm³/mol. The molecular weight excluding hydrogens is 356 g/mol. The van der Waals surface area contributed by atoms with Gasteiger partial charge in [0.15, 0.2) is 6.61 Å². The van der Waals surface area contributed by atoms with Crippen LogP contribution < -0.4 is 5.32 Å². The third-order valence-electron chi connectivity index (χ3n) is 5.98. The maximum Gasteiger partial charge on any atom is 0.311 e. The Labute approximate surface area is 166 Å². The van der Waals surface area contributed by atoms with Gasteiger partial charge in [0.1, 0.15) is 0 Å². The number of likely N-dealkylation sites (tertiary alicyclic amines) is 1. The summed E-state index contributed by atoms with van der Waals surface area (Å²) in [7, 11) is 0. The summed E-state index contributed by atoms with van der Waals surface area (Å²) in [4.78, 5) is 38.4. The number of benzene rings is 1. The van der Waals surface area contributed by atoms with E-state index in [-0.39, 0.29) is 30.9 Å². The zero-order chi connectivity index (χ0) is 20.1. The number of carbonyl (C=O) groups excluding carboxylic acids is 3. The predicted octanol–water partition coefficient (Wildman–Crippen LogP) is 3.47. The average molecular weight is 386 g/mol. The second kappa shape index (κ2) is 9.22. The Balaban J connectivity index is 1.44. The molecule has 28 heavy (non-hydrogen) atoms. The number of hydrogen-bond donors (Lipinski definition) is 1. The molecule has 0 aromatic heterocycles. The fourth-order valence-corrected chi connectivity index (χ4v) is 4.04. The van der Waals surface area contributed by atoms with E-state index in [0.29, 0.717) is 18.2 Å². The Kier molecular flexibility index (Phi) is 6.70. The number of carbonyl (C=O) groups is 3. The molecule has 2 fully saturated rings. The lowest BCUT2D eigenvalue weighted by molar-refractivity contribution is -0.151. The second-order valence-electron chi connectivity index (χ2n) is 7.97. The molecule has 0 bridgehead atoms. The van der Waals surface area contributed by atoms with Gasteiger partial charge in [-0.2, -0.15) is 0 Å². The molecule has 6 heteroatoms. The van der Waals surface area contributed by atoms with Crippen molar-refractivity contribution in [1.82, 2.24) is 4.90 Å². The van der Waals surface area contributed by atoms with E-state index in [1.54, 1.807) is 0 Å². The van der Waals surface area contributed by atoms with Crippen LogP contribution in [0.25, 0.3) is 0 Å². The maximum atomic E-state index is 12.3. The van der Waals surface area contributed by atoms with E-state index >= 15 is 0 Å². The minimum Gasteiger partial charge on any atom is -0.455 e. The summed E-state index contributed by atoms with van der Waals surface area (Å²) >= 11 is 0. The van der Waals surface area contributed by atoms with E-state index < -0.39 is 11.9 Å². The maximum absolute atomic E-state index is 12.3. The molecule has 1 saturated heterocycles. The van der Waals surface area contributed by atoms with Gasteiger partial charge in [-0.15, -0.1) is 0 Å². The van der Waals surface area contributed by atoms with Crippen LogP contribution in [0.4, 0.5) is 5.69 Å². The number of ether oxygens (including phenoxy) is 1. The SMILES string of the molecule is CC[C@H](C)c1ccc(NC(=O)COC(=O)[C@H]2CC(=O)N(C3CCCC3)C2)cc1. The van der Waals surface area contributed by atoms with Crippen LogP contribution in [0.3, 0.4) is 0 Å². The Morgan fingerprint density at radius 3 is 2.54 bits per heavy atom. The topological polar surface area (TPSA) is 75.7 Å². The first-order chi connectivity index (χ1) is 13.5. The van der Waals surface area contributed by atoms with Crippen LogP contribution in [0.1, 0.15) is 63.9 Å². The molecule has 1 aliphatic heterocycles. The molecule has 0 spiro atoms. The molecule has 0 radical (unpaired) electrons. The lowest BCUT2D eigenvalue weighted by Crippen LogP contribution is -2.35. The van der Waals surface area contributed by atoms with Gasteiger partial charge in [-0.3, -0.25) is 14.4 Å². The largest absolute Gasteiger partial charge is 0.455 e. The monoisotopic (exact) mass is 386 g/mol. The van der Waals surface area contributed by atoms with Crippen LogP contribution in [0.15, 0.2) is 24.3 Å². The lowest BCUT2D eigenvalue weighted by atomic mass is 9.99. The quantitative estimate of drug-likeness (QED) is 0.728. The normalized spacial score (nSPS) is 21.0. The first-order valence-corrected chi connectivity index (χ1v) is 10.3. The summed E-state index contributed by atoms with van der Waals surface area (Å²) < 4.78 is 5.17. The van der Waals surface area contributed by atoms with Crippen molar-refractivity contribution >= 4 is 23.5 Å². The first-order valence-electron chi connectivity index (χ1n) is 10.3. The van der Waals surface area contributed by atoms with Crippen molar-refractivity contribution in [3.05, 3.63) is 29.8 Å². The molecule has 1 N–H and O–H groups in total. The summed E-state index contributed by atoms with van der Waals surface area (Å²) in [5.74, 6) is -0.795. The molecule has 1 aromatic carbocycles. The van der Waals surface area contributed by atoms with Crippen molar-refractivity contribution in [2.45, 2.75) is 64.3 Å². The van der Waals surface area contributed by atoms with Gasteiger partial charge in [-0.25, -0.2) is 0 Å². The minimum atomic E-state index is -0.462. The van der Waals surface area contributed by atoms with Gasteiger partial charge in [-0.05, 0) is 42.9 Å². The standard InChI is InChI=1S/C22H30N2O4/c1-3-15(2)16-8-10-18(11-9-16)23-20(25)14-28-22(27)17-12-21(26)24(13-17)19-6-4-5-7-19/h8-11,15,17,19H,3-7,12-14H2,1-2H3,(H,23,25)/t15-,17-/m0/s1. The second-order valence-corrected chi connectivity index (χ2v) is 7.97. The smallest absolute Gasteiger partial charge is 0.311 e. The fraction of sp³-hybridized carbons (Fsp3) is 0.591. The number of esters is 1. The van der Waals surface area contributed by atoms with E-state index in [0.717, 1.165) is 32.1 Å². The van der Waals surface area contributed by atoms with Crippen LogP contribution in [-0.4, -0.2) is 41.9 Å². The fourth-order valence-electron chi connectivity index (χ4n) is 4.04. The molecule has 6 nitrogen and oxygen atoms in total. The first kappa shape index (κ1) is 20.4. The molecule has 1 aliphatic carbocycles. The van der Waals surface area contributed by atoms with E-state index in [2.05, 4.69) is 19.2 Å². The van der Waals surface area contributed by atoms with Crippen LogP contribution in [0.5, 0.6) is 0 Å². The Morgan fingerprint density at radius 2 is 1.89 bits per heavy atom. The zero-order valence-corrected chi connectivity index (χ0v) is 16.8. The van der Waals surface area contributed by atoms with Crippen molar-refractivity contribution in [2.75, 3.05) is 18.5 Å². The van der Waals surface area contributed by atoms with E-state index in [1.807, 2.05) is 29.2 Å². The number of nitrogens with zero attached hydrogens (tertiary/aromatic N) is 1. The molecule has 2 atom stereocenters. The van der Waals surface area contributed by atoms with Gasteiger partial charge in [0, 0.05) is 24.7 Å². The van der Waals surface area contributed by atoms with Crippen molar-refractivity contribution in [2.24, 2.45) is 5.92 Å². The summed E-state index contributed by atoms with van der Waals surface area (Å²) in [6.07, 6.45) is 5.57. The highest BCUT2D eigenvalue weighted by Crippen LogP contribution is 2.29. The van der Waals surface area contributed by atoms with Gasteiger partial charge in [0.05, 0.1) is 5.92 Å². The third-order valence-corrected chi connectivity index (χ3v) is 5.98. The number of anilines is 1. The highest BCUT2D eigenvalue weighted by molar-refractivity contribution is 5.93. The summed E-state index contributed by atoms with van der Waals surface area (Å²) in [6.45, 7) is 4.38. The highest BCUT2D eigenvalue weighted by Gasteiger charge is 2.39. The van der Waals surface area contributed by atoms with Gasteiger partial charge in [-0.1, -0.05) is 38.8 Å². The van der Waals surface area contributed by atoms with Gasteiger partial charge >= 0.3 is 5.97 Å². The summed E-state index contributed by atoms with van der Waals surface area (Å²) in [5, 5.41) is 2.74. The molecule has 2 aliphatic rings. The molecule has 1 saturated carbocycles. The Hall–Kier alpha value is -2.37. The molecule has 0 unspecified atom stereocenters. The van der Waals surface area contributed by atoms with E-state index in [1.165, 1.54) is 5.56 Å². The molecule has 2 amide bonds. The van der Waals surface area contributed by atoms with Gasteiger partial charge in [0.2, 0.25) is 5.91 Å². The van der Waals surface area contributed by atoms with Crippen molar-refractivity contribution < 1.29 is 19.1 Å². The van der Waals surface area contributed by atoms with Crippen LogP contribution in [0, 0.1) is 5.92 Å². The summed E-state index contributed by atoms with van der Waals surface area (Å²) in [5.41, 5.74) is 1.90. The molecule has 1 aromatic rings. The zero-order valence-electron chi connectivity index (χ0n) is 16.8. The average Bonchev–Trinajstić information content (AvgIpc) is 3.35. The molecule has 152 valence electrons. The van der Waals surface area contributed by atoms with E-state index in [9.17, 15) is 14.4 Å². The number of hydrogen-bond acceptors (Lipinski definition) is 4. The van der Waals surface area contributed by atoms with Crippen LogP contribution >= 0.6 is 0 Å². The number of amides is 2. The van der Waals surface area contributed by atoms with E-state index in [4.69, 9.17) is 4.74 Å². The Bertz CT molecular complexity index is 710. The summed E-state index contributed by atoms with van der Waals surface area (Å²) in [6, 6.07) is 7.98. The Morgan fingerprint density at radius 1 is 1.21 bits per heavy atom. The highest BCUT2D eigenvalue weighted by atomic mass is 16.5. The molecule has 1 heterocycles. The van der Waals surface area contributed by atoms with Crippen LogP contribution in [0.2, 0.25) is 0 Å². The number of nitrogens with one attached hydrogen (secondary N) is 1. The molecular formula is C22H30N2O4.